The summed E-state index contributed by atoms with van der Waals surface area (Å²) in [5, 5.41) is 11.3. The molecule has 0 bridgehead atoms. The van der Waals surface area contributed by atoms with E-state index in [-0.39, 0.29) is 11.5 Å². The third kappa shape index (κ3) is 2.34. The van der Waals surface area contributed by atoms with Gasteiger partial charge in [-0.05, 0) is 72.0 Å². The van der Waals surface area contributed by atoms with Crippen molar-refractivity contribution in [2.45, 2.75) is 65.4 Å². The van der Waals surface area contributed by atoms with Crippen LogP contribution in [0.15, 0.2) is 23.8 Å². The van der Waals surface area contributed by atoms with E-state index in [0.29, 0.717) is 17.3 Å². The van der Waals surface area contributed by atoms with Gasteiger partial charge in [0.2, 0.25) is 0 Å². The van der Waals surface area contributed by atoms with E-state index >= 15 is 0 Å². The van der Waals surface area contributed by atoms with Crippen LogP contribution in [0.4, 0.5) is 0 Å². The van der Waals surface area contributed by atoms with Crippen LogP contribution in [0.25, 0.3) is 0 Å². The molecule has 0 radical (unpaired) electrons. The lowest BCUT2D eigenvalue weighted by atomic mass is 9.47. The second-order valence-corrected chi connectivity index (χ2v) is 10.6. The smallest absolute Gasteiger partial charge is 0.0587 e. The summed E-state index contributed by atoms with van der Waals surface area (Å²) in [6.45, 7) is 7.43. The fraction of sp³-hybridized carbons (Fsp3) is 0.818. The third-order valence-corrected chi connectivity index (χ3v) is 9.19. The molecule has 1 N–H and O–H groups in total. The van der Waals surface area contributed by atoms with Crippen LogP contribution in [0, 0.1) is 40.4 Å². The highest BCUT2D eigenvalue weighted by atomic mass is 127. The van der Waals surface area contributed by atoms with Gasteiger partial charge in [-0.15, -0.1) is 0 Å². The minimum absolute atomic E-state index is 0.118. The molecule has 24 heavy (non-hydrogen) atoms. The van der Waals surface area contributed by atoms with Crippen molar-refractivity contribution >= 4 is 22.6 Å². The molecule has 4 aliphatic carbocycles. The summed E-state index contributed by atoms with van der Waals surface area (Å²) >= 11 is 2.55. The Kier molecular flexibility index (Phi) is 4.48. The normalized spacial score (nSPS) is 53.1. The Morgan fingerprint density at radius 2 is 2.12 bits per heavy atom. The minimum Gasteiger partial charge on any atom is -0.393 e. The van der Waals surface area contributed by atoms with E-state index in [1.165, 1.54) is 30.1 Å². The van der Waals surface area contributed by atoms with Gasteiger partial charge in [-0.1, -0.05) is 67.2 Å². The molecule has 8 atom stereocenters. The molecule has 0 spiro atoms. The molecule has 0 amide bonds. The summed E-state index contributed by atoms with van der Waals surface area (Å²) in [7, 11) is 0. The quantitative estimate of drug-likeness (QED) is 0.328. The molecule has 0 aromatic heterocycles. The fourth-order valence-corrected chi connectivity index (χ4v) is 8.34. The zero-order valence-corrected chi connectivity index (χ0v) is 17.6. The first-order valence-electron chi connectivity index (χ1n) is 10.0. The van der Waals surface area contributed by atoms with E-state index in [0.717, 1.165) is 30.6 Å². The first kappa shape index (κ1) is 17.6. The van der Waals surface area contributed by atoms with Crippen LogP contribution in [0.5, 0.6) is 0 Å². The van der Waals surface area contributed by atoms with Crippen molar-refractivity contribution in [2.75, 3.05) is 4.43 Å². The Morgan fingerprint density at radius 1 is 1.33 bits per heavy atom. The van der Waals surface area contributed by atoms with Crippen molar-refractivity contribution in [3.05, 3.63) is 23.8 Å². The molecule has 0 saturated heterocycles. The maximum Gasteiger partial charge on any atom is 0.0587 e. The van der Waals surface area contributed by atoms with Crippen LogP contribution >= 0.6 is 22.6 Å². The van der Waals surface area contributed by atoms with Gasteiger partial charge in [0.1, 0.15) is 0 Å². The molecule has 0 aromatic rings. The summed E-state index contributed by atoms with van der Waals surface area (Å²) in [6.07, 6.45) is 14.5. The molecule has 0 aromatic carbocycles. The zero-order valence-electron chi connectivity index (χ0n) is 15.5. The van der Waals surface area contributed by atoms with Gasteiger partial charge < -0.3 is 5.11 Å². The lowest BCUT2D eigenvalue weighted by Gasteiger charge is -2.59. The molecule has 0 heterocycles. The van der Waals surface area contributed by atoms with Crippen LogP contribution in [0.1, 0.15) is 59.3 Å². The Balaban J connectivity index is 1.71. The number of aliphatic hydroxyl groups excluding tert-OH is 1. The number of hydrogen-bond acceptors (Lipinski definition) is 1. The molecule has 3 saturated carbocycles. The Hall–Kier alpha value is 0.170. The number of rotatable bonds is 2. The first-order valence-corrected chi connectivity index (χ1v) is 11.6. The van der Waals surface area contributed by atoms with Crippen molar-refractivity contribution < 1.29 is 5.11 Å². The molecule has 4 rings (SSSR count). The maximum absolute atomic E-state index is 11.3. The number of halogens is 1. The number of fused-ring (bicyclic) bond motifs is 5. The molecule has 2 unspecified atom stereocenters. The average molecular weight is 440 g/mol. The predicted octanol–water partition coefficient (Wildman–Crippen LogP) is 5.77. The summed E-state index contributed by atoms with van der Waals surface area (Å²) in [4.78, 5) is 0. The highest BCUT2D eigenvalue weighted by Crippen LogP contribution is 2.67. The molecule has 0 aliphatic heterocycles. The molecule has 4 aliphatic rings. The SMILES string of the molecule is CC1C[C@H]2[C@@H]3CCC4=CCC=C[C@]4(C)[C@H]3C(O)C[C@]2(C)[C@H]1CCI. The summed E-state index contributed by atoms with van der Waals surface area (Å²) < 4.78 is 1.26. The van der Waals surface area contributed by atoms with Crippen molar-refractivity contribution in [1.29, 1.82) is 0 Å². The first-order chi connectivity index (χ1) is 11.4. The van der Waals surface area contributed by atoms with Gasteiger partial charge in [-0.2, -0.15) is 0 Å². The minimum atomic E-state index is -0.130. The van der Waals surface area contributed by atoms with Crippen molar-refractivity contribution in [2.24, 2.45) is 40.4 Å². The van der Waals surface area contributed by atoms with Crippen LogP contribution in [0.2, 0.25) is 0 Å². The van der Waals surface area contributed by atoms with Gasteiger partial charge in [0, 0.05) is 11.3 Å². The molecular weight excluding hydrogens is 407 g/mol. The largest absolute Gasteiger partial charge is 0.393 e. The van der Waals surface area contributed by atoms with E-state index in [1.54, 1.807) is 5.57 Å². The van der Waals surface area contributed by atoms with Gasteiger partial charge >= 0.3 is 0 Å². The monoisotopic (exact) mass is 440 g/mol. The average Bonchev–Trinajstić information content (AvgIpc) is 2.78. The summed E-state index contributed by atoms with van der Waals surface area (Å²) in [5.41, 5.74) is 2.09. The molecule has 1 nitrogen and oxygen atoms in total. The van der Waals surface area contributed by atoms with Crippen LogP contribution in [0.3, 0.4) is 0 Å². The number of aliphatic hydroxyl groups is 1. The van der Waals surface area contributed by atoms with Gasteiger partial charge in [-0.25, -0.2) is 0 Å². The standard InChI is InChI=1S/C22H33IO/c1-14-12-18-16-8-7-15-6-4-5-10-21(15,2)20(16)19(24)13-22(18,3)17(14)9-11-23/h5-6,10,14,16-20,24H,4,7-9,11-13H2,1-3H3/t14?,16-,17-,18-,19?,20+,21-,22+/m0/s1. The van der Waals surface area contributed by atoms with Gasteiger partial charge in [-0.3, -0.25) is 0 Å². The maximum atomic E-state index is 11.3. The van der Waals surface area contributed by atoms with E-state index < -0.39 is 0 Å². The Labute approximate surface area is 161 Å². The summed E-state index contributed by atoms with van der Waals surface area (Å²) in [6, 6.07) is 0. The van der Waals surface area contributed by atoms with Crippen molar-refractivity contribution in [1.82, 2.24) is 0 Å². The predicted molar refractivity (Wildman–Crippen MR) is 109 cm³/mol. The van der Waals surface area contributed by atoms with Crippen LogP contribution in [-0.4, -0.2) is 15.6 Å². The topological polar surface area (TPSA) is 20.2 Å². The Morgan fingerprint density at radius 3 is 2.88 bits per heavy atom. The molecule has 2 heteroatoms. The van der Waals surface area contributed by atoms with E-state index in [1.807, 2.05) is 0 Å². The van der Waals surface area contributed by atoms with Crippen LogP contribution < -0.4 is 0 Å². The van der Waals surface area contributed by atoms with E-state index in [4.69, 9.17) is 0 Å². The highest BCUT2D eigenvalue weighted by molar-refractivity contribution is 14.1. The lowest BCUT2D eigenvalue weighted by molar-refractivity contribution is -0.115. The number of allylic oxidation sites excluding steroid dienone is 4. The van der Waals surface area contributed by atoms with Crippen LogP contribution in [-0.2, 0) is 0 Å². The van der Waals surface area contributed by atoms with E-state index in [9.17, 15) is 5.11 Å². The molecule has 3 fully saturated rings. The van der Waals surface area contributed by atoms with E-state index in [2.05, 4.69) is 61.6 Å². The number of alkyl halides is 1. The van der Waals surface area contributed by atoms with Gasteiger partial charge in [0.05, 0.1) is 6.10 Å². The zero-order chi connectivity index (χ0) is 17.1. The van der Waals surface area contributed by atoms with Gasteiger partial charge in [0.15, 0.2) is 0 Å². The van der Waals surface area contributed by atoms with Crippen molar-refractivity contribution in [3.63, 3.8) is 0 Å². The van der Waals surface area contributed by atoms with Gasteiger partial charge in [0.25, 0.3) is 0 Å². The second-order valence-electron chi connectivity index (χ2n) is 9.56. The third-order valence-electron chi connectivity index (χ3n) is 8.56. The Bertz CT molecular complexity index is 566. The fourth-order valence-electron chi connectivity index (χ4n) is 7.66. The highest BCUT2D eigenvalue weighted by Gasteiger charge is 2.62. The second kappa shape index (κ2) is 6.11. The lowest BCUT2D eigenvalue weighted by Crippen LogP contribution is -2.55. The number of hydrogen-bond donors (Lipinski definition) is 1. The molecule has 134 valence electrons. The summed E-state index contributed by atoms with van der Waals surface area (Å²) in [5.74, 6) is 3.61. The van der Waals surface area contributed by atoms with Crippen molar-refractivity contribution in [3.8, 4) is 0 Å². The molecular formula is C22H33IO.